The van der Waals surface area contributed by atoms with Gasteiger partial charge in [-0.2, -0.15) is 0 Å². The number of imide groups is 1. The van der Waals surface area contributed by atoms with Crippen LogP contribution in [0, 0.1) is 5.92 Å². The van der Waals surface area contributed by atoms with Crippen molar-refractivity contribution in [3.05, 3.63) is 53.9 Å². The number of amides is 5. The highest BCUT2D eigenvalue weighted by molar-refractivity contribution is 6.12. The second-order valence-electron chi connectivity index (χ2n) is 10.2. The Balaban J connectivity index is -0.00000137. The highest BCUT2D eigenvalue weighted by Gasteiger charge is 2.23. The lowest BCUT2D eigenvalue weighted by molar-refractivity contribution is -0.137. The number of nitrogens with zero attached hydrogens (tertiary/aromatic N) is 4. The van der Waals surface area contributed by atoms with Crippen LogP contribution >= 0.6 is 0 Å². The molecule has 3 rings (SSSR count). The number of rotatable bonds is 15. The third-order valence-electron chi connectivity index (χ3n) is 6.27. The number of nitrogens with one attached hydrogen (secondary N) is 3. The van der Waals surface area contributed by atoms with Crippen molar-refractivity contribution in [2.45, 2.75) is 114 Å². The fraction of sp³-hybridized carbons (Fsp3) is 0.583. The molecule has 0 saturated heterocycles. The largest absolute Gasteiger partial charge is 0.392 e. The number of unbranched alkanes of at least 4 members (excludes halogenated alkanes) is 2. The van der Waals surface area contributed by atoms with Crippen LogP contribution in [0.15, 0.2) is 42.6 Å². The van der Waals surface area contributed by atoms with E-state index in [-0.39, 0.29) is 55.2 Å². The summed E-state index contributed by atoms with van der Waals surface area (Å²) in [6.07, 6.45) is 7.96. The van der Waals surface area contributed by atoms with Crippen molar-refractivity contribution in [2.75, 3.05) is 25.5 Å². The van der Waals surface area contributed by atoms with Gasteiger partial charge in [0.15, 0.2) is 0 Å². The van der Waals surface area contributed by atoms with Crippen LogP contribution in [0.4, 0.5) is 5.69 Å². The Bertz CT molecular complexity index is 1200. The van der Waals surface area contributed by atoms with Crippen LogP contribution in [0.3, 0.4) is 0 Å². The Morgan fingerprint density at radius 1 is 0.940 bits per heavy atom. The molecule has 0 spiro atoms. The first kappa shape index (κ1) is 50.0. The maximum atomic E-state index is 12.5. The van der Waals surface area contributed by atoms with Crippen molar-refractivity contribution < 1.29 is 29.1 Å². The number of anilines is 1. The zero-order valence-electron chi connectivity index (χ0n) is 32.0. The summed E-state index contributed by atoms with van der Waals surface area (Å²) in [6, 6.07) is 6.52. The molecule has 14 nitrogen and oxygen atoms in total. The van der Waals surface area contributed by atoms with Gasteiger partial charge >= 0.3 is 0 Å². The van der Waals surface area contributed by atoms with Crippen LogP contribution in [0.25, 0.3) is 0 Å². The predicted molar refractivity (Wildman–Crippen MR) is 200 cm³/mol. The van der Waals surface area contributed by atoms with Gasteiger partial charge in [0.1, 0.15) is 12.2 Å². The van der Waals surface area contributed by atoms with Crippen LogP contribution in [0.5, 0.6) is 0 Å². The minimum atomic E-state index is -0.355. The fourth-order valence-electron chi connectivity index (χ4n) is 4.04. The summed E-state index contributed by atoms with van der Waals surface area (Å²) < 4.78 is 1.42. The monoisotopic (exact) mass is 704 g/mol. The molecule has 1 aromatic heterocycles. The van der Waals surface area contributed by atoms with Crippen molar-refractivity contribution in [3.63, 3.8) is 0 Å². The zero-order chi connectivity index (χ0) is 38.9. The van der Waals surface area contributed by atoms with Crippen molar-refractivity contribution in [1.82, 2.24) is 30.5 Å². The molecule has 14 heteroatoms. The Morgan fingerprint density at radius 3 is 1.96 bits per heavy atom. The van der Waals surface area contributed by atoms with E-state index in [1.807, 2.05) is 62.4 Å². The second kappa shape index (κ2) is 33.1. The number of hydrogen-bond acceptors (Lipinski definition) is 9. The minimum absolute atomic E-state index is 0.0367. The van der Waals surface area contributed by atoms with Crippen LogP contribution in [-0.4, -0.2) is 75.2 Å². The molecule has 1 aliphatic rings. The van der Waals surface area contributed by atoms with E-state index >= 15 is 0 Å². The quantitative estimate of drug-likeness (QED) is 0.101. The van der Waals surface area contributed by atoms with E-state index in [1.165, 1.54) is 28.2 Å². The van der Waals surface area contributed by atoms with Gasteiger partial charge in [0.25, 0.3) is 11.8 Å². The van der Waals surface area contributed by atoms with Crippen molar-refractivity contribution >= 4 is 35.7 Å². The lowest BCUT2D eigenvalue weighted by Gasteiger charge is -2.20. The second-order valence-corrected chi connectivity index (χ2v) is 10.2. The van der Waals surface area contributed by atoms with E-state index in [4.69, 9.17) is 9.90 Å². The number of carbonyl (C=O) groups excluding carboxylic acids is 5. The van der Waals surface area contributed by atoms with Crippen molar-refractivity contribution in [3.8, 4) is 0 Å². The lowest BCUT2D eigenvalue weighted by Crippen LogP contribution is -2.32. The molecule has 1 unspecified atom stereocenters. The maximum absolute atomic E-state index is 12.5. The number of nitrogens with two attached hydrogens (primary N) is 1. The molecule has 6 N–H and O–H groups in total. The normalized spacial score (nSPS) is 11.5. The van der Waals surface area contributed by atoms with Gasteiger partial charge in [-0.3, -0.25) is 28.9 Å². The molecule has 0 aliphatic carbocycles. The first-order chi connectivity index (χ1) is 24.1. The molecule has 1 aliphatic heterocycles. The zero-order valence-corrected chi connectivity index (χ0v) is 32.0. The standard InChI is InChI=1S/C25H32N6O5.C4H11N.3C2H6.CH3NO/c1-17(2)25(27-21(33)6-4-3-5-13-31-23(35)11-12-24(31)36)20-14-30(29-28-20)15-22(34)26-19-9-7-18(16-32)8-10-19;1-3-4-5-2;3*1-2;2-1-3/h7-12,14,17,25,32H,3-6,13,15-16H2,1-2H3,(H,26,34)(H,27,33);5H,3-4H2,1-2H3;3*1-2H3;1H,(H2,2,3). The van der Waals surface area contributed by atoms with Gasteiger partial charge in [-0.1, -0.05) is 86.1 Å². The van der Waals surface area contributed by atoms with E-state index in [2.05, 4.69) is 38.9 Å². The van der Waals surface area contributed by atoms with E-state index in [0.29, 0.717) is 43.6 Å². The van der Waals surface area contributed by atoms with Gasteiger partial charge in [-0.15, -0.1) is 5.10 Å². The number of primary amides is 1. The molecule has 1 atom stereocenters. The number of aliphatic hydroxyl groups is 1. The average molecular weight is 705 g/mol. The third-order valence-corrected chi connectivity index (χ3v) is 6.27. The summed E-state index contributed by atoms with van der Waals surface area (Å²) in [4.78, 5) is 57.8. The molecule has 2 aromatic rings. The number of benzene rings is 1. The Hall–Kier alpha value is -4.43. The molecule has 0 radical (unpaired) electrons. The fourth-order valence-corrected chi connectivity index (χ4v) is 4.04. The molecule has 0 saturated carbocycles. The Kier molecular flexibility index (Phi) is 33.1. The summed E-state index contributed by atoms with van der Waals surface area (Å²) >= 11 is 0. The van der Waals surface area contributed by atoms with Crippen molar-refractivity contribution in [2.24, 2.45) is 11.7 Å². The van der Waals surface area contributed by atoms with Gasteiger partial charge < -0.3 is 26.8 Å². The highest BCUT2D eigenvalue weighted by Crippen LogP contribution is 2.20. The van der Waals surface area contributed by atoms with E-state index in [0.717, 1.165) is 12.1 Å². The van der Waals surface area contributed by atoms with Crippen LogP contribution in [0.1, 0.15) is 112 Å². The van der Waals surface area contributed by atoms with E-state index < -0.39 is 0 Å². The molecule has 1 aromatic carbocycles. The van der Waals surface area contributed by atoms with E-state index in [9.17, 15) is 19.2 Å². The summed E-state index contributed by atoms with van der Waals surface area (Å²) in [5.74, 6) is -0.930. The molecule has 284 valence electrons. The van der Waals surface area contributed by atoms with Gasteiger partial charge in [0.05, 0.1) is 18.8 Å². The maximum Gasteiger partial charge on any atom is 0.253 e. The predicted octanol–water partition coefficient (Wildman–Crippen LogP) is 4.50. The summed E-state index contributed by atoms with van der Waals surface area (Å²) in [6.45, 7) is 19.5. The van der Waals surface area contributed by atoms with Gasteiger partial charge in [0.2, 0.25) is 18.2 Å². The van der Waals surface area contributed by atoms with Crippen LogP contribution in [0.2, 0.25) is 0 Å². The smallest absolute Gasteiger partial charge is 0.253 e. The molecular formula is C36H64N8O6. The molecule has 5 amide bonds. The molecule has 2 heterocycles. The van der Waals surface area contributed by atoms with Crippen LogP contribution < -0.4 is 21.7 Å². The van der Waals surface area contributed by atoms with Crippen molar-refractivity contribution in [1.29, 1.82) is 0 Å². The minimum Gasteiger partial charge on any atom is -0.392 e. The van der Waals surface area contributed by atoms with Crippen LogP contribution in [-0.2, 0) is 37.1 Å². The molecular weight excluding hydrogens is 640 g/mol. The lowest BCUT2D eigenvalue weighted by atomic mass is 10.0. The SMILES string of the molecule is CC.CC.CC.CC(C)C(NC(=O)CCCCCN1C(=O)C=CC1=O)c1cn(CC(=O)Nc2ccc(CO)cc2)nn1.CCCNC.NC=O. The molecule has 0 bridgehead atoms. The van der Waals surface area contributed by atoms with E-state index in [1.54, 1.807) is 30.5 Å². The first-order valence-corrected chi connectivity index (χ1v) is 17.6. The molecule has 50 heavy (non-hydrogen) atoms. The Morgan fingerprint density at radius 2 is 1.50 bits per heavy atom. The van der Waals surface area contributed by atoms with Gasteiger partial charge in [0, 0.05) is 30.8 Å². The average Bonchev–Trinajstić information content (AvgIpc) is 3.72. The number of aromatic nitrogens is 3. The molecule has 0 fully saturated rings. The summed E-state index contributed by atoms with van der Waals surface area (Å²) in [7, 11) is 1.96. The number of aliphatic hydroxyl groups excluding tert-OH is 1. The van der Waals surface area contributed by atoms with Gasteiger partial charge in [-0.05, 0) is 56.5 Å². The third kappa shape index (κ3) is 22.3. The summed E-state index contributed by atoms with van der Waals surface area (Å²) in [5.41, 5.74) is 6.10. The van der Waals surface area contributed by atoms with Gasteiger partial charge in [-0.25, -0.2) is 4.68 Å². The topological polar surface area (TPSA) is 202 Å². The number of hydrogen-bond donors (Lipinski definition) is 5. The summed E-state index contributed by atoms with van der Waals surface area (Å²) in [5, 5.41) is 26.1. The Labute approximate surface area is 299 Å². The first-order valence-electron chi connectivity index (χ1n) is 17.6. The number of carbonyl (C=O) groups is 5. The highest BCUT2D eigenvalue weighted by atomic mass is 16.3.